The van der Waals surface area contributed by atoms with Crippen molar-refractivity contribution >= 4 is 6.09 Å². The minimum atomic E-state index is -0.578. The maximum absolute atomic E-state index is 11.3. The number of hydrogen-bond acceptors (Lipinski definition) is 6. The summed E-state index contributed by atoms with van der Waals surface area (Å²) in [5, 5.41) is 2.38. The number of carbonyl (C=O) groups is 1. The predicted molar refractivity (Wildman–Crippen MR) is 105 cm³/mol. The van der Waals surface area contributed by atoms with E-state index in [4.69, 9.17) is 15.2 Å². The highest BCUT2D eigenvalue weighted by molar-refractivity contribution is 5.70. The van der Waals surface area contributed by atoms with Gasteiger partial charge in [-0.15, -0.1) is 0 Å². The van der Waals surface area contributed by atoms with Crippen molar-refractivity contribution in [3.05, 3.63) is 36.2 Å². The molecule has 1 aromatic carbocycles. The summed E-state index contributed by atoms with van der Waals surface area (Å²) >= 11 is 0. The third-order valence-electron chi connectivity index (χ3n) is 3.95. The Morgan fingerprint density at radius 1 is 1.30 bits per heavy atom. The van der Waals surface area contributed by atoms with Crippen LogP contribution in [0.25, 0.3) is 11.3 Å². The summed E-state index contributed by atoms with van der Waals surface area (Å²) in [4.78, 5) is 19.5. The number of amides is 1. The fourth-order valence-corrected chi connectivity index (χ4v) is 2.90. The molecule has 7 nitrogen and oxygen atoms in total. The standard InChI is InChI=1S/C20H28N4O3/c1-13(2)10-20(4,21)11-26-17-7-6-15(8-14(17)3)16-9-18(24-12-23-16)27-19(25)22-5/h6-9,12-13H,10-11,21H2,1-5H3,(H,22,25)/t20-/m0/s1. The number of ether oxygens (including phenoxy) is 2. The van der Waals surface area contributed by atoms with Crippen LogP contribution in [0, 0.1) is 12.8 Å². The van der Waals surface area contributed by atoms with Crippen LogP contribution < -0.4 is 20.5 Å². The van der Waals surface area contributed by atoms with Gasteiger partial charge in [0.15, 0.2) is 0 Å². The maximum atomic E-state index is 11.3. The lowest BCUT2D eigenvalue weighted by Crippen LogP contribution is -2.43. The van der Waals surface area contributed by atoms with Crippen LogP contribution in [-0.4, -0.2) is 35.3 Å². The van der Waals surface area contributed by atoms with Crippen molar-refractivity contribution in [3.63, 3.8) is 0 Å². The molecule has 0 fully saturated rings. The summed E-state index contributed by atoms with van der Waals surface area (Å²) in [6, 6.07) is 7.39. The number of hydrogen-bond donors (Lipinski definition) is 2. The maximum Gasteiger partial charge on any atom is 0.413 e. The van der Waals surface area contributed by atoms with Gasteiger partial charge in [0.1, 0.15) is 18.7 Å². The van der Waals surface area contributed by atoms with Gasteiger partial charge < -0.3 is 20.5 Å². The summed E-state index contributed by atoms with van der Waals surface area (Å²) in [6.07, 6.45) is 1.67. The van der Waals surface area contributed by atoms with Crippen molar-refractivity contribution in [2.24, 2.45) is 11.7 Å². The highest BCUT2D eigenvalue weighted by atomic mass is 16.6. The number of nitrogens with two attached hydrogens (primary N) is 1. The summed E-state index contributed by atoms with van der Waals surface area (Å²) < 4.78 is 11.0. The van der Waals surface area contributed by atoms with Crippen molar-refractivity contribution in [2.75, 3.05) is 13.7 Å². The molecule has 0 bridgehead atoms. The van der Waals surface area contributed by atoms with Gasteiger partial charge in [-0.2, -0.15) is 0 Å². The first-order valence-electron chi connectivity index (χ1n) is 8.94. The third kappa shape index (κ3) is 6.21. The Morgan fingerprint density at radius 3 is 2.67 bits per heavy atom. The van der Waals surface area contributed by atoms with Crippen LogP contribution in [0.5, 0.6) is 11.6 Å². The fraction of sp³-hybridized carbons (Fsp3) is 0.450. The monoisotopic (exact) mass is 372 g/mol. The van der Waals surface area contributed by atoms with Gasteiger partial charge in [-0.25, -0.2) is 14.8 Å². The Balaban J connectivity index is 2.12. The number of nitrogens with one attached hydrogen (secondary N) is 1. The smallest absolute Gasteiger partial charge is 0.413 e. The molecule has 2 rings (SSSR count). The molecule has 27 heavy (non-hydrogen) atoms. The molecule has 0 unspecified atom stereocenters. The van der Waals surface area contributed by atoms with E-state index in [-0.39, 0.29) is 11.4 Å². The number of benzene rings is 1. The fourth-order valence-electron chi connectivity index (χ4n) is 2.90. The van der Waals surface area contributed by atoms with Crippen molar-refractivity contribution in [1.82, 2.24) is 15.3 Å². The molecule has 1 atom stereocenters. The molecular weight excluding hydrogens is 344 g/mol. The highest BCUT2D eigenvalue weighted by Gasteiger charge is 2.21. The molecule has 0 saturated heterocycles. The topological polar surface area (TPSA) is 99.4 Å². The molecular formula is C20H28N4O3. The average molecular weight is 372 g/mol. The van der Waals surface area contributed by atoms with Gasteiger partial charge in [0.2, 0.25) is 5.88 Å². The minimum absolute atomic E-state index is 0.185. The molecule has 0 aliphatic rings. The van der Waals surface area contributed by atoms with E-state index >= 15 is 0 Å². The molecule has 0 saturated carbocycles. The lowest BCUT2D eigenvalue weighted by molar-refractivity contribution is 0.201. The summed E-state index contributed by atoms with van der Waals surface area (Å²) in [5.74, 6) is 1.48. The van der Waals surface area contributed by atoms with E-state index in [1.54, 1.807) is 6.07 Å². The van der Waals surface area contributed by atoms with Gasteiger partial charge in [0, 0.05) is 24.2 Å². The molecule has 0 radical (unpaired) electrons. The zero-order valence-corrected chi connectivity index (χ0v) is 16.6. The second kappa shape index (κ2) is 8.81. The quantitative estimate of drug-likeness (QED) is 0.773. The van der Waals surface area contributed by atoms with Crippen molar-refractivity contribution < 1.29 is 14.3 Å². The lowest BCUT2D eigenvalue weighted by Gasteiger charge is -2.27. The van der Waals surface area contributed by atoms with Crippen LogP contribution in [0.1, 0.15) is 32.8 Å². The van der Waals surface area contributed by atoms with Gasteiger partial charge in [-0.05, 0) is 49.9 Å². The molecule has 0 aliphatic carbocycles. The van der Waals surface area contributed by atoms with Crippen LogP contribution in [0.15, 0.2) is 30.6 Å². The number of rotatable bonds is 7. The molecule has 0 aliphatic heterocycles. The Kier molecular flexibility index (Phi) is 6.74. The van der Waals surface area contributed by atoms with Crippen LogP contribution in [0.2, 0.25) is 0 Å². The Labute approximate surface area is 160 Å². The summed E-state index contributed by atoms with van der Waals surface area (Å²) in [5.41, 5.74) is 8.44. The van der Waals surface area contributed by atoms with E-state index in [0.717, 1.165) is 23.3 Å². The molecule has 146 valence electrons. The Bertz CT molecular complexity index is 791. The molecule has 1 heterocycles. The van der Waals surface area contributed by atoms with E-state index in [1.165, 1.54) is 13.4 Å². The summed E-state index contributed by atoms with van der Waals surface area (Å²) in [6.45, 7) is 8.72. The van der Waals surface area contributed by atoms with E-state index < -0.39 is 6.09 Å². The zero-order valence-electron chi connectivity index (χ0n) is 16.6. The van der Waals surface area contributed by atoms with Gasteiger partial charge >= 0.3 is 6.09 Å². The average Bonchev–Trinajstić information content (AvgIpc) is 2.59. The predicted octanol–water partition coefficient (Wildman–Crippen LogP) is 3.31. The van der Waals surface area contributed by atoms with Gasteiger partial charge in [0.25, 0.3) is 0 Å². The first-order chi connectivity index (χ1) is 12.7. The Hall–Kier alpha value is -2.67. The van der Waals surface area contributed by atoms with E-state index in [0.29, 0.717) is 18.2 Å². The van der Waals surface area contributed by atoms with E-state index in [2.05, 4.69) is 29.1 Å². The molecule has 3 N–H and O–H groups in total. The van der Waals surface area contributed by atoms with Crippen molar-refractivity contribution in [1.29, 1.82) is 0 Å². The summed E-state index contributed by atoms with van der Waals surface area (Å²) in [7, 11) is 1.49. The van der Waals surface area contributed by atoms with Gasteiger partial charge in [-0.3, -0.25) is 0 Å². The number of carbonyl (C=O) groups excluding carboxylic acids is 1. The normalized spacial score (nSPS) is 13.1. The number of aryl methyl sites for hydroxylation is 1. The number of aromatic nitrogens is 2. The highest BCUT2D eigenvalue weighted by Crippen LogP contribution is 2.27. The number of nitrogens with zero attached hydrogens (tertiary/aromatic N) is 2. The minimum Gasteiger partial charge on any atom is -0.491 e. The second-order valence-corrected chi connectivity index (χ2v) is 7.40. The molecule has 1 amide bonds. The van der Waals surface area contributed by atoms with E-state index in [9.17, 15) is 4.79 Å². The second-order valence-electron chi connectivity index (χ2n) is 7.40. The van der Waals surface area contributed by atoms with Crippen molar-refractivity contribution in [3.8, 4) is 22.9 Å². The molecule has 0 spiro atoms. The lowest BCUT2D eigenvalue weighted by atomic mass is 9.93. The third-order valence-corrected chi connectivity index (χ3v) is 3.95. The van der Waals surface area contributed by atoms with Gasteiger partial charge in [0.05, 0.1) is 5.69 Å². The van der Waals surface area contributed by atoms with Crippen LogP contribution >= 0.6 is 0 Å². The van der Waals surface area contributed by atoms with Crippen LogP contribution in [-0.2, 0) is 0 Å². The molecule has 7 heteroatoms. The molecule has 1 aromatic heterocycles. The van der Waals surface area contributed by atoms with Crippen LogP contribution in [0.3, 0.4) is 0 Å². The van der Waals surface area contributed by atoms with Gasteiger partial charge in [-0.1, -0.05) is 13.8 Å². The first kappa shape index (κ1) is 20.6. The van der Waals surface area contributed by atoms with Crippen molar-refractivity contribution in [2.45, 2.75) is 39.7 Å². The largest absolute Gasteiger partial charge is 0.491 e. The van der Waals surface area contributed by atoms with E-state index in [1.807, 2.05) is 32.0 Å². The van der Waals surface area contributed by atoms with Crippen LogP contribution in [0.4, 0.5) is 4.79 Å². The molecule has 2 aromatic rings. The SMILES string of the molecule is CNC(=O)Oc1cc(-c2ccc(OC[C@@](C)(N)CC(C)C)c(C)c2)ncn1. The Morgan fingerprint density at radius 2 is 2.04 bits per heavy atom. The first-order valence-corrected chi connectivity index (χ1v) is 8.94. The zero-order chi connectivity index (χ0) is 20.0.